The molecule has 6 nitrogen and oxygen atoms in total. The lowest BCUT2D eigenvalue weighted by Gasteiger charge is -2.09. The Bertz CT molecular complexity index is 1110. The van der Waals surface area contributed by atoms with Gasteiger partial charge in [-0.05, 0) is 48.5 Å². The number of rotatable bonds is 5. The molecule has 0 atom stereocenters. The molecule has 4 aromatic rings. The zero-order valence-corrected chi connectivity index (χ0v) is 14.9. The zero-order chi connectivity index (χ0) is 19.3. The minimum Gasteiger partial charge on any atom is -0.467 e. The molecule has 4 rings (SSSR count). The van der Waals surface area contributed by atoms with Gasteiger partial charge >= 0.3 is 0 Å². The average Bonchev–Trinajstić information content (AvgIpc) is 3.26. The van der Waals surface area contributed by atoms with Crippen LogP contribution in [-0.4, -0.2) is 16.8 Å². The van der Waals surface area contributed by atoms with Crippen molar-refractivity contribution < 1.29 is 14.0 Å². The molecule has 0 saturated heterocycles. The van der Waals surface area contributed by atoms with Crippen LogP contribution in [0.2, 0.25) is 0 Å². The third-order valence-electron chi connectivity index (χ3n) is 4.29. The first-order chi connectivity index (χ1) is 13.7. The Hall–Kier alpha value is -3.93. The lowest BCUT2D eigenvalue weighted by Crippen LogP contribution is -2.22. The van der Waals surface area contributed by atoms with Crippen LogP contribution >= 0.6 is 0 Å². The number of nitrogens with zero attached hydrogens (tertiary/aromatic N) is 1. The zero-order valence-electron chi connectivity index (χ0n) is 14.9. The molecule has 138 valence electrons. The summed E-state index contributed by atoms with van der Waals surface area (Å²) in [5, 5.41) is 6.60. The molecule has 2 heterocycles. The Balaban J connectivity index is 1.44. The number of benzene rings is 2. The Morgan fingerprint density at radius 3 is 2.36 bits per heavy atom. The third-order valence-corrected chi connectivity index (χ3v) is 4.29. The summed E-state index contributed by atoms with van der Waals surface area (Å²) in [7, 11) is 0. The normalized spacial score (nSPS) is 10.6. The number of carbonyl (C=O) groups excluding carboxylic acids is 2. The highest BCUT2D eigenvalue weighted by Gasteiger charge is 2.11. The maximum Gasteiger partial charge on any atom is 0.255 e. The Kier molecular flexibility index (Phi) is 4.84. The molecule has 0 bridgehead atoms. The van der Waals surface area contributed by atoms with Gasteiger partial charge in [-0.3, -0.25) is 14.6 Å². The summed E-state index contributed by atoms with van der Waals surface area (Å²) in [5.41, 5.74) is 2.29. The molecule has 28 heavy (non-hydrogen) atoms. The molecule has 0 fully saturated rings. The summed E-state index contributed by atoms with van der Waals surface area (Å²) in [6.07, 6.45) is 3.24. The Labute approximate surface area is 161 Å². The van der Waals surface area contributed by atoms with Crippen LogP contribution in [0, 0.1) is 0 Å². The van der Waals surface area contributed by atoms with E-state index in [0.29, 0.717) is 29.1 Å². The van der Waals surface area contributed by atoms with Crippen LogP contribution in [0.15, 0.2) is 83.6 Å². The number of nitrogens with one attached hydrogen (secondary N) is 2. The van der Waals surface area contributed by atoms with Gasteiger partial charge in [0.25, 0.3) is 11.8 Å². The third kappa shape index (κ3) is 3.76. The molecule has 6 heteroatoms. The van der Waals surface area contributed by atoms with Gasteiger partial charge in [0.15, 0.2) is 0 Å². The predicted octanol–water partition coefficient (Wildman–Crippen LogP) is 4.01. The van der Waals surface area contributed by atoms with Crippen LogP contribution in [0.1, 0.15) is 26.5 Å². The van der Waals surface area contributed by atoms with Gasteiger partial charge in [-0.2, -0.15) is 0 Å². The maximum atomic E-state index is 12.6. The molecule has 0 aliphatic rings. The minimum atomic E-state index is -0.263. The number of aromatic nitrogens is 1. The van der Waals surface area contributed by atoms with E-state index in [9.17, 15) is 9.59 Å². The summed E-state index contributed by atoms with van der Waals surface area (Å²) in [6, 6.07) is 19.4. The van der Waals surface area contributed by atoms with Crippen molar-refractivity contribution in [2.75, 3.05) is 5.32 Å². The van der Waals surface area contributed by atoms with Crippen LogP contribution in [0.4, 0.5) is 5.69 Å². The summed E-state index contributed by atoms with van der Waals surface area (Å²) in [4.78, 5) is 29.1. The van der Waals surface area contributed by atoms with E-state index in [1.165, 1.54) is 0 Å². The number of anilines is 1. The molecule has 2 amide bonds. The summed E-state index contributed by atoms with van der Waals surface area (Å²) >= 11 is 0. The van der Waals surface area contributed by atoms with E-state index in [2.05, 4.69) is 15.6 Å². The van der Waals surface area contributed by atoms with Crippen molar-refractivity contribution >= 4 is 28.4 Å². The van der Waals surface area contributed by atoms with E-state index in [4.69, 9.17) is 4.42 Å². The summed E-state index contributed by atoms with van der Waals surface area (Å²) < 4.78 is 5.18. The fourth-order valence-corrected chi connectivity index (χ4v) is 2.86. The van der Waals surface area contributed by atoms with Crippen LogP contribution < -0.4 is 10.6 Å². The van der Waals surface area contributed by atoms with Crippen LogP contribution in [0.25, 0.3) is 10.9 Å². The SMILES string of the molecule is O=C(NCc1ccco1)c1ccc(C(=O)Nc2cccc3cccnc23)cc1. The number of carbonyl (C=O) groups is 2. The van der Waals surface area contributed by atoms with Gasteiger partial charge in [0.1, 0.15) is 5.76 Å². The predicted molar refractivity (Wildman–Crippen MR) is 106 cm³/mol. The number of pyridine rings is 1. The maximum absolute atomic E-state index is 12.6. The monoisotopic (exact) mass is 371 g/mol. The molecule has 0 unspecified atom stereocenters. The first kappa shape index (κ1) is 17.5. The molecular formula is C22H17N3O3. The van der Waals surface area contributed by atoms with Crippen molar-refractivity contribution in [2.24, 2.45) is 0 Å². The van der Waals surface area contributed by atoms with E-state index in [-0.39, 0.29) is 11.8 Å². The van der Waals surface area contributed by atoms with E-state index < -0.39 is 0 Å². The van der Waals surface area contributed by atoms with Crippen LogP contribution in [0.3, 0.4) is 0 Å². The molecule has 2 aromatic carbocycles. The number of fused-ring (bicyclic) bond motifs is 1. The van der Waals surface area contributed by atoms with Crippen molar-refractivity contribution in [3.63, 3.8) is 0 Å². The second kappa shape index (κ2) is 7.75. The van der Waals surface area contributed by atoms with Gasteiger partial charge < -0.3 is 15.1 Å². The quantitative estimate of drug-likeness (QED) is 0.555. The molecule has 0 aliphatic heterocycles. The fraction of sp³-hybridized carbons (Fsp3) is 0.0455. The lowest BCUT2D eigenvalue weighted by atomic mass is 10.1. The number of furan rings is 1. The van der Waals surface area contributed by atoms with Gasteiger partial charge in [-0.1, -0.05) is 18.2 Å². The second-order valence-electron chi connectivity index (χ2n) is 6.17. The van der Waals surface area contributed by atoms with E-state index in [0.717, 1.165) is 10.9 Å². The van der Waals surface area contributed by atoms with Crippen LogP contribution in [-0.2, 0) is 6.54 Å². The molecule has 0 radical (unpaired) electrons. The first-order valence-electron chi connectivity index (χ1n) is 8.76. The highest BCUT2D eigenvalue weighted by atomic mass is 16.3. The second-order valence-corrected chi connectivity index (χ2v) is 6.17. The van der Waals surface area contributed by atoms with Gasteiger partial charge in [-0.25, -0.2) is 0 Å². The number of para-hydroxylation sites is 1. The first-order valence-corrected chi connectivity index (χ1v) is 8.76. The fourth-order valence-electron chi connectivity index (χ4n) is 2.86. The summed E-state index contributed by atoms with van der Waals surface area (Å²) in [6.45, 7) is 0.308. The van der Waals surface area contributed by atoms with Crippen molar-refractivity contribution in [1.29, 1.82) is 0 Å². The van der Waals surface area contributed by atoms with E-state index in [1.54, 1.807) is 48.9 Å². The van der Waals surface area contributed by atoms with Crippen molar-refractivity contribution in [3.05, 3.63) is 96.1 Å². The highest BCUT2D eigenvalue weighted by molar-refractivity contribution is 6.08. The van der Waals surface area contributed by atoms with E-state index >= 15 is 0 Å². The van der Waals surface area contributed by atoms with Crippen molar-refractivity contribution in [3.8, 4) is 0 Å². The Morgan fingerprint density at radius 1 is 0.857 bits per heavy atom. The topological polar surface area (TPSA) is 84.2 Å². The molecule has 2 N–H and O–H groups in total. The van der Waals surface area contributed by atoms with Crippen LogP contribution in [0.5, 0.6) is 0 Å². The summed E-state index contributed by atoms with van der Waals surface area (Å²) in [5.74, 6) is 0.176. The van der Waals surface area contributed by atoms with Gasteiger partial charge in [0.2, 0.25) is 0 Å². The molecular weight excluding hydrogens is 354 g/mol. The highest BCUT2D eigenvalue weighted by Crippen LogP contribution is 2.21. The van der Waals surface area contributed by atoms with Crippen molar-refractivity contribution in [1.82, 2.24) is 10.3 Å². The number of amides is 2. The van der Waals surface area contributed by atoms with Gasteiger partial charge in [0.05, 0.1) is 24.0 Å². The standard InChI is InChI=1S/C22H17N3O3/c26-21(24-14-18-6-3-13-28-18)16-8-10-17(11-9-16)22(27)25-19-7-1-4-15-5-2-12-23-20(15)19/h1-13H,14H2,(H,24,26)(H,25,27). The van der Waals surface area contributed by atoms with Gasteiger partial charge in [-0.15, -0.1) is 0 Å². The molecule has 0 saturated carbocycles. The lowest BCUT2D eigenvalue weighted by molar-refractivity contribution is 0.0946. The minimum absolute atomic E-state index is 0.235. The van der Waals surface area contributed by atoms with E-state index in [1.807, 2.05) is 30.3 Å². The largest absolute Gasteiger partial charge is 0.467 e. The number of hydrogen-bond acceptors (Lipinski definition) is 4. The average molecular weight is 371 g/mol. The number of hydrogen-bond donors (Lipinski definition) is 2. The Morgan fingerprint density at radius 2 is 1.61 bits per heavy atom. The molecule has 0 spiro atoms. The molecule has 2 aromatic heterocycles. The smallest absolute Gasteiger partial charge is 0.255 e. The molecule has 0 aliphatic carbocycles. The van der Waals surface area contributed by atoms with Crippen molar-refractivity contribution in [2.45, 2.75) is 6.54 Å². The van der Waals surface area contributed by atoms with Gasteiger partial charge in [0, 0.05) is 22.7 Å².